The lowest BCUT2D eigenvalue weighted by molar-refractivity contribution is -0.148. The minimum atomic E-state index is -0.225. The molecule has 0 aromatic heterocycles. The molecule has 0 spiro atoms. The number of methoxy groups -OCH3 is 2. The van der Waals surface area contributed by atoms with Crippen LogP contribution in [0.15, 0.2) is 24.3 Å². The molecule has 1 aromatic rings. The van der Waals surface area contributed by atoms with Crippen LogP contribution in [-0.4, -0.2) is 44.1 Å². The van der Waals surface area contributed by atoms with Crippen LogP contribution in [-0.2, 0) is 20.7 Å². The Labute approximate surface area is 124 Å². The zero-order valence-electron chi connectivity index (χ0n) is 12.5. The summed E-state index contributed by atoms with van der Waals surface area (Å²) in [5.41, 5.74) is 0.945. The van der Waals surface area contributed by atoms with Crippen LogP contribution in [0.25, 0.3) is 0 Å². The highest BCUT2D eigenvalue weighted by atomic mass is 16.5. The third-order valence-corrected chi connectivity index (χ3v) is 3.82. The third-order valence-electron chi connectivity index (χ3n) is 3.82. The number of rotatable bonds is 4. The standard InChI is InChI=1S/C16H21NO4/c1-20-14-7-5-12(6-8-14)10-15(18)17-9-3-4-13(11-17)16(19)21-2/h5-8,13H,3-4,9-11H2,1-2H3. The molecule has 1 saturated heterocycles. The van der Waals surface area contributed by atoms with Crippen LogP contribution < -0.4 is 4.74 Å². The number of benzene rings is 1. The number of amides is 1. The van der Waals surface area contributed by atoms with Gasteiger partial charge in [0.25, 0.3) is 0 Å². The van der Waals surface area contributed by atoms with Crippen LogP contribution in [0.2, 0.25) is 0 Å². The van der Waals surface area contributed by atoms with Crippen LogP contribution in [0.5, 0.6) is 5.75 Å². The van der Waals surface area contributed by atoms with E-state index in [1.54, 1.807) is 12.0 Å². The molecule has 1 unspecified atom stereocenters. The molecule has 21 heavy (non-hydrogen) atoms. The van der Waals surface area contributed by atoms with Gasteiger partial charge in [0, 0.05) is 13.1 Å². The molecule has 5 nitrogen and oxygen atoms in total. The second-order valence-corrected chi connectivity index (χ2v) is 5.23. The number of hydrogen-bond acceptors (Lipinski definition) is 4. The predicted molar refractivity (Wildman–Crippen MR) is 78.0 cm³/mol. The minimum Gasteiger partial charge on any atom is -0.497 e. The number of esters is 1. The second kappa shape index (κ2) is 7.11. The maximum absolute atomic E-state index is 12.3. The number of carbonyl (C=O) groups excluding carboxylic acids is 2. The van der Waals surface area contributed by atoms with E-state index < -0.39 is 0 Å². The Bertz CT molecular complexity index is 498. The molecule has 1 aliphatic heterocycles. The average Bonchev–Trinajstić information content (AvgIpc) is 2.55. The van der Waals surface area contributed by atoms with E-state index in [-0.39, 0.29) is 17.8 Å². The Morgan fingerprint density at radius 1 is 1.24 bits per heavy atom. The quantitative estimate of drug-likeness (QED) is 0.792. The third kappa shape index (κ3) is 3.97. The molecule has 0 aliphatic carbocycles. The molecule has 0 radical (unpaired) electrons. The van der Waals surface area contributed by atoms with Crippen LogP contribution in [0.1, 0.15) is 18.4 Å². The van der Waals surface area contributed by atoms with Crippen molar-refractivity contribution in [3.05, 3.63) is 29.8 Å². The summed E-state index contributed by atoms with van der Waals surface area (Å²) in [7, 11) is 3.00. The molecule has 0 N–H and O–H groups in total. The molecule has 1 atom stereocenters. The number of ether oxygens (including phenoxy) is 2. The van der Waals surface area contributed by atoms with Gasteiger partial charge in [-0.1, -0.05) is 12.1 Å². The summed E-state index contributed by atoms with van der Waals surface area (Å²) in [6.45, 7) is 1.17. The van der Waals surface area contributed by atoms with Crippen LogP contribution >= 0.6 is 0 Å². The highest BCUT2D eigenvalue weighted by molar-refractivity contribution is 5.80. The highest BCUT2D eigenvalue weighted by Crippen LogP contribution is 2.19. The summed E-state index contributed by atoms with van der Waals surface area (Å²) in [6.07, 6.45) is 1.98. The fraction of sp³-hybridized carbons (Fsp3) is 0.500. The molecule has 1 aromatic carbocycles. The molecule has 1 fully saturated rings. The molecular formula is C16H21NO4. The largest absolute Gasteiger partial charge is 0.497 e. The maximum Gasteiger partial charge on any atom is 0.310 e. The van der Waals surface area contributed by atoms with E-state index in [0.717, 1.165) is 24.2 Å². The van der Waals surface area contributed by atoms with Gasteiger partial charge in [0.1, 0.15) is 5.75 Å². The maximum atomic E-state index is 12.3. The van der Waals surface area contributed by atoms with Crippen molar-refractivity contribution in [1.82, 2.24) is 4.90 Å². The van der Waals surface area contributed by atoms with Crippen LogP contribution in [0.4, 0.5) is 0 Å². The fourth-order valence-electron chi connectivity index (χ4n) is 2.59. The van der Waals surface area contributed by atoms with Gasteiger partial charge < -0.3 is 14.4 Å². The Kier molecular flexibility index (Phi) is 5.20. The lowest BCUT2D eigenvalue weighted by Gasteiger charge is -2.31. The van der Waals surface area contributed by atoms with Gasteiger partial charge in [0.15, 0.2) is 0 Å². The summed E-state index contributed by atoms with van der Waals surface area (Å²) in [6, 6.07) is 7.46. The topological polar surface area (TPSA) is 55.8 Å². The first-order chi connectivity index (χ1) is 10.1. The molecule has 0 saturated carbocycles. The van der Waals surface area contributed by atoms with Gasteiger partial charge in [-0.15, -0.1) is 0 Å². The number of piperidine rings is 1. The Hall–Kier alpha value is -2.04. The van der Waals surface area contributed by atoms with Crippen LogP contribution in [0.3, 0.4) is 0 Å². The monoisotopic (exact) mass is 291 g/mol. The smallest absolute Gasteiger partial charge is 0.310 e. The minimum absolute atomic E-state index is 0.0498. The van der Waals surface area contributed by atoms with Gasteiger partial charge in [-0.2, -0.15) is 0 Å². The first kappa shape index (κ1) is 15.4. The molecule has 114 valence electrons. The van der Waals surface area contributed by atoms with Gasteiger partial charge >= 0.3 is 5.97 Å². The zero-order chi connectivity index (χ0) is 15.2. The van der Waals surface area contributed by atoms with Crippen LogP contribution in [0, 0.1) is 5.92 Å². The Morgan fingerprint density at radius 3 is 2.57 bits per heavy atom. The van der Waals surface area contributed by atoms with Gasteiger partial charge in [-0.3, -0.25) is 9.59 Å². The summed E-state index contributed by atoms with van der Waals surface area (Å²) in [5, 5.41) is 0. The Morgan fingerprint density at radius 2 is 1.95 bits per heavy atom. The molecular weight excluding hydrogens is 270 g/mol. The van der Waals surface area contributed by atoms with Crippen molar-refractivity contribution < 1.29 is 19.1 Å². The summed E-state index contributed by atoms with van der Waals surface area (Å²) >= 11 is 0. The predicted octanol–water partition coefficient (Wildman–Crippen LogP) is 1.65. The van der Waals surface area contributed by atoms with Crippen molar-refractivity contribution in [3.8, 4) is 5.75 Å². The fourth-order valence-corrected chi connectivity index (χ4v) is 2.59. The van der Waals surface area contributed by atoms with Gasteiger partial charge in [0.05, 0.1) is 26.6 Å². The normalized spacial score (nSPS) is 18.2. The van der Waals surface area contributed by atoms with E-state index in [1.807, 2.05) is 24.3 Å². The lowest BCUT2D eigenvalue weighted by Crippen LogP contribution is -2.43. The number of likely N-dealkylation sites (tertiary alicyclic amines) is 1. The van der Waals surface area contributed by atoms with Crippen molar-refractivity contribution in [1.29, 1.82) is 0 Å². The first-order valence-electron chi connectivity index (χ1n) is 7.12. The van der Waals surface area contributed by atoms with Gasteiger partial charge in [-0.25, -0.2) is 0 Å². The molecule has 1 amide bonds. The molecule has 2 rings (SSSR count). The van der Waals surface area contributed by atoms with E-state index in [1.165, 1.54) is 7.11 Å². The van der Waals surface area contributed by atoms with Gasteiger partial charge in [0.2, 0.25) is 5.91 Å². The lowest BCUT2D eigenvalue weighted by atomic mass is 9.97. The van der Waals surface area contributed by atoms with Crippen molar-refractivity contribution >= 4 is 11.9 Å². The van der Waals surface area contributed by atoms with Gasteiger partial charge in [-0.05, 0) is 30.5 Å². The van der Waals surface area contributed by atoms with Crippen molar-refractivity contribution in [2.45, 2.75) is 19.3 Å². The van der Waals surface area contributed by atoms with E-state index in [9.17, 15) is 9.59 Å². The number of carbonyl (C=O) groups is 2. The van der Waals surface area contributed by atoms with E-state index >= 15 is 0 Å². The summed E-state index contributed by atoms with van der Waals surface area (Å²) in [4.78, 5) is 25.7. The molecule has 1 aliphatic rings. The molecule has 1 heterocycles. The SMILES string of the molecule is COC(=O)C1CCCN(C(=O)Cc2ccc(OC)cc2)C1. The van der Waals surface area contributed by atoms with Crippen molar-refractivity contribution in [2.24, 2.45) is 5.92 Å². The van der Waals surface area contributed by atoms with Crippen molar-refractivity contribution in [2.75, 3.05) is 27.3 Å². The van der Waals surface area contributed by atoms with Crippen molar-refractivity contribution in [3.63, 3.8) is 0 Å². The van der Waals surface area contributed by atoms with E-state index in [2.05, 4.69) is 0 Å². The molecule has 5 heteroatoms. The summed E-state index contributed by atoms with van der Waals surface area (Å²) in [5.74, 6) is 0.407. The number of nitrogens with zero attached hydrogens (tertiary/aromatic N) is 1. The van der Waals surface area contributed by atoms with E-state index in [4.69, 9.17) is 9.47 Å². The number of hydrogen-bond donors (Lipinski definition) is 0. The summed E-state index contributed by atoms with van der Waals surface area (Å²) < 4.78 is 9.87. The first-order valence-corrected chi connectivity index (χ1v) is 7.12. The molecule has 0 bridgehead atoms. The zero-order valence-corrected chi connectivity index (χ0v) is 12.5. The second-order valence-electron chi connectivity index (χ2n) is 5.23. The highest BCUT2D eigenvalue weighted by Gasteiger charge is 2.28. The average molecular weight is 291 g/mol. The Balaban J connectivity index is 1.94. The van der Waals surface area contributed by atoms with E-state index in [0.29, 0.717) is 19.5 Å².